The fourth-order valence-corrected chi connectivity index (χ4v) is 4.10. The van der Waals surface area contributed by atoms with E-state index in [1.165, 1.54) is 0 Å². The van der Waals surface area contributed by atoms with Crippen molar-refractivity contribution < 1.29 is 4.79 Å². The second-order valence-corrected chi connectivity index (χ2v) is 8.31. The summed E-state index contributed by atoms with van der Waals surface area (Å²) >= 11 is 0. The van der Waals surface area contributed by atoms with E-state index in [9.17, 15) is 9.59 Å². The van der Waals surface area contributed by atoms with E-state index in [1.54, 1.807) is 18.5 Å². The maximum atomic E-state index is 12.8. The monoisotopic (exact) mass is 438 g/mol. The first kappa shape index (κ1) is 23.5. The number of piperidine rings is 1. The molecule has 2 N–H and O–H groups in total. The van der Waals surface area contributed by atoms with Crippen LogP contribution in [-0.4, -0.2) is 79.0 Å². The van der Waals surface area contributed by atoms with Crippen LogP contribution in [0.15, 0.2) is 47.5 Å². The zero-order valence-electron chi connectivity index (χ0n) is 19.5. The molecule has 1 unspecified atom stereocenters. The first-order valence-corrected chi connectivity index (χ1v) is 11.2. The lowest BCUT2D eigenvalue weighted by atomic mass is 10.0. The molecular formula is C24H34N6O2. The van der Waals surface area contributed by atoms with Crippen molar-refractivity contribution in [1.29, 1.82) is 0 Å². The summed E-state index contributed by atoms with van der Waals surface area (Å²) in [6.45, 7) is 4.83. The van der Waals surface area contributed by atoms with Crippen LogP contribution in [0, 0.1) is 0 Å². The lowest BCUT2D eigenvalue weighted by molar-refractivity contribution is -0.127. The highest BCUT2D eigenvalue weighted by Crippen LogP contribution is 2.26. The van der Waals surface area contributed by atoms with Gasteiger partial charge in [-0.1, -0.05) is 6.08 Å². The molecule has 0 aromatic carbocycles. The summed E-state index contributed by atoms with van der Waals surface area (Å²) in [5.74, 6) is 0.804. The lowest BCUT2D eigenvalue weighted by Gasteiger charge is -2.39. The molecule has 8 heteroatoms. The minimum absolute atomic E-state index is 0.0339. The molecule has 1 saturated heterocycles. The highest BCUT2D eigenvalue weighted by Gasteiger charge is 2.28. The zero-order chi connectivity index (χ0) is 23.1. The summed E-state index contributed by atoms with van der Waals surface area (Å²) in [5, 5.41) is 3.05. The van der Waals surface area contributed by atoms with Crippen LogP contribution in [0.5, 0.6) is 0 Å². The molecule has 3 rings (SSSR count). The Hall–Kier alpha value is -3.13. The molecule has 2 aromatic rings. The number of hydrogen-bond donors (Lipinski definition) is 2. The van der Waals surface area contributed by atoms with Gasteiger partial charge in [-0.25, -0.2) is 4.98 Å². The van der Waals surface area contributed by atoms with Gasteiger partial charge in [-0.15, -0.1) is 0 Å². The number of likely N-dealkylation sites (N-methyl/N-ethyl adjacent to an activating group) is 2. The molecule has 3 heterocycles. The summed E-state index contributed by atoms with van der Waals surface area (Å²) in [7, 11) is 5.78. The number of aromatic nitrogens is 2. The molecule has 1 atom stereocenters. The molecule has 1 fully saturated rings. The number of anilines is 2. The zero-order valence-corrected chi connectivity index (χ0v) is 19.5. The third kappa shape index (κ3) is 5.76. The molecule has 0 radical (unpaired) electrons. The first-order chi connectivity index (χ1) is 15.4. The van der Waals surface area contributed by atoms with E-state index in [-0.39, 0.29) is 17.5 Å². The normalized spacial score (nSPS) is 16.5. The largest absolute Gasteiger partial charge is 0.373 e. The van der Waals surface area contributed by atoms with Crippen LogP contribution >= 0.6 is 0 Å². The van der Waals surface area contributed by atoms with Crippen molar-refractivity contribution in [3.63, 3.8) is 0 Å². The van der Waals surface area contributed by atoms with Crippen LogP contribution in [0.1, 0.15) is 19.8 Å². The number of aromatic amines is 1. The van der Waals surface area contributed by atoms with E-state index in [4.69, 9.17) is 0 Å². The van der Waals surface area contributed by atoms with Crippen molar-refractivity contribution in [3.05, 3.63) is 53.1 Å². The predicted molar refractivity (Wildman–Crippen MR) is 130 cm³/mol. The summed E-state index contributed by atoms with van der Waals surface area (Å²) in [6.07, 6.45) is 8.91. The van der Waals surface area contributed by atoms with Gasteiger partial charge in [0.25, 0.3) is 5.56 Å². The smallest absolute Gasteiger partial charge is 0.271 e. The Morgan fingerprint density at radius 1 is 1.34 bits per heavy atom. The van der Waals surface area contributed by atoms with E-state index >= 15 is 0 Å². The van der Waals surface area contributed by atoms with Gasteiger partial charge < -0.3 is 25.0 Å². The Morgan fingerprint density at radius 2 is 2.16 bits per heavy atom. The van der Waals surface area contributed by atoms with E-state index in [0.717, 1.165) is 42.9 Å². The maximum Gasteiger partial charge on any atom is 0.271 e. The molecule has 0 spiro atoms. The molecule has 8 nitrogen and oxygen atoms in total. The fourth-order valence-electron chi connectivity index (χ4n) is 4.10. The maximum absolute atomic E-state index is 12.8. The Bertz CT molecular complexity index is 1000. The first-order valence-electron chi connectivity index (χ1n) is 11.2. The average molecular weight is 439 g/mol. The van der Waals surface area contributed by atoms with Gasteiger partial charge in [0, 0.05) is 63.3 Å². The van der Waals surface area contributed by atoms with Gasteiger partial charge in [0.15, 0.2) is 0 Å². The summed E-state index contributed by atoms with van der Waals surface area (Å²) in [6, 6.07) is 5.92. The number of nitrogens with one attached hydrogen (secondary N) is 2. The van der Waals surface area contributed by atoms with Crippen molar-refractivity contribution in [1.82, 2.24) is 19.8 Å². The van der Waals surface area contributed by atoms with Crippen LogP contribution in [0.2, 0.25) is 0 Å². The van der Waals surface area contributed by atoms with Crippen LogP contribution in [-0.2, 0) is 4.79 Å². The predicted octanol–water partition coefficient (Wildman–Crippen LogP) is 2.41. The number of carbonyl (C=O) groups excluding carboxylic acids is 1. The van der Waals surface area contributed by atoms with Crippen molar-refractivity contribution in [2.24, 2.45) is 0 Å². The molecule has 0 saturated carbocycles. The van der Waals surface area contributed by atoms with Crippen molar-refractivity contribution in [3.8, 4) is 11.1 Å². The van der Waals surface area contributed by atoms with Gasteiger partial charge >= 0.3 is 0 Å². The van der Waals surface area contributed by atoms with Crippen LogP contribution in [0.3, 0.4) is 0 Å². The number of H-pyrrole nitrogens is 1. The highest BCUT2D eigenvalue weighted by molar-refractivity contribution is 5.87. The fraction of sp³-hybridized carbons (Fsp3) is 0.458. The van der Waals surface area contributed by atoms with Crippen molar-refractivity contribution >= 4 is 17.4 Å². The molecule has 172 valence electrons. The molecular weight excluding hydrogens is 404 g/mol. The third-order valence-electron chi connectivity index (χ3n) is 5.76. The van der Waals surface area contributed by atoms with Gasteiger partial charge in [-0.05, 0) is 57.6 Å². The number of hydrogen-bond acceptors (Lipinski definition) is 6. The second-order valence-electron chi connectivity index (χ2n) is 8.31. The van der Waals surface area contributed by atoms with E-state index < -0.39 is 0 Å². The molecule has 2 aromatic heterocycles. The van der Waals surface area contributed by atoms with E-state index in [1.807, 2.05) is 55.2 Å². The van der Waals surface area contributed by atoms with Gasteiger partial charge in [-0.3, -0.25) is 9.59 Å². The number of rotatable bonds is 8. The van der Waals surface area contributed by atoms with Crippen molar-refractivity contribution in [2.75, 3.05) is 57.5 Å². The minimum atomic E-state index is -0.118. The van der Waals surface area contributed by atoms with E-state index in [0.29, 0.717) is 18.8 Å². The molecule has 0 bridgehead atoms. The number of likely N-dealkylation sites (tertiary alicyclic amines) is 1. The molecule has 0 aliphatic carbocycles. The van der Waals surface area contributed by atoms with E-state index in [2.05, 4.69) is 27.1 Å². The summed E-state index contributed by atoms with van der Waals surface area (Å²) in [5.41, 5.74) is 2.42. The Kier molecular flexibility index (Phi) is 8.05. The average Bonchev–Trinajstić information content (AvgIpc) is 2.80. The number of carbonyl (C=O) groups is 1. The summed E-state index contributed by atoms with van der Waals surface area (Å²) in [4.78, 5) is 38.6. The summed E-state index contributed by atoms with van der Waals surface area (Å²) < 4.78 is 0. The standard InChI is InChI=1S/C24H34N6O2/c1-5-30(20-8-6-13-29(17-20)23(31)9-7-12-28(3)4)21-14-19(16-27-24(21)32)18-10-11-26-22(15-18)25-2/h7,9-11,14-16,20H,5-6,8,12-13,17H2,1-4H3,(H,25,26)(H,27,32)/b9-7+. The molecule has 1 aliphatic rings. The van der Waals surface area contributed by atoms with Crippen LogP contribution in [0.4, 0.5) is 11.5 Å². The number of amides is 1. The molecule has 32 heavy (non-hydrogen) atoms. The molecule has 1 amide bonds. The van der Waals surface area contributed by atoms with Gasteiger partial charge in [0.2, 0.25) is 5.91 Å². The topological polar surface area (TPSA) is 84.6 Å². The third-order valence-corrected chi connectivity index (χ3v) is 5.76. The SMILES string of the molecule is CCN(c1cc(-c2ccnc(NC)c2)c[nH]c1=O)C1CCCN(C(=O)/C=C/CN(C)C)C1. The second kappa shape index (κ2) is 10.9. The lowest BCUT2D eigenvalue weighted by Crippen LogP contribution is -2.50. The van der Waals surface area contributed by atoms with Gasteiger partial charge in [-0.2, -0.15) is 0 Å². The Labute approximate surface area is 189 Å². The van der Waals surface area contributed by atoms with Crippen LogP contribution in [0.25, 0.3) is 11.1 Å². The van der Waals surface area contributed by atoms with Gasteiger partial charge in [0.05, 0.1) is 0 Å². The number of pyridine rings is 2. The minimum Gasteiger partial charge on any atom is -0.373 e. The highest BCUT2D eigenvalue weighted by atomic mass is 16.2. The Balaban J connectivity index is 1.82. The Morgan fingerprint density at radius 3 is 2.88 bits per heavy atom. The molecule has 1 aliphatic heterocycles. The quantitative estimate of drug-likeness (QED) is 0.616. The van der Waals surface area contributed by atoms with Gasteiger partial charge in [0.1, 0.15) is 11.5 Å². The van der Waals surface area contributed by atoms with Crippen molar-refractivity contribution in [2.45, 2.75) is 25.8 Å². The van der Waals surface area contributed by atoms with Crippen LogP contribution < -0.4 is 15.8 Å². The number of nitrogens with zero attached hydrogens (tertiary/aromatic N) is 4.